The number of hydrogen-bond donors (Lipinski definition) is 1. The quantitative estimate of drug-likeness (QED) is 0.530. The van der Waals surface area contributed by atoms with Gasteiger partial charge in [0.2, 0.25) is 0 Å². The van der Waals surface area contributed by atoms with Gasteiger partial charge in [0.15, 0.2) is 0 Å². The SMILES string of the molecule is CN(C)c1ccc(/C=N/NC(=O)c2cc(C(C)(C)C)nn2-c2ccccc2)cc1. The highest BCUT2D eigenvalue weighted by Gasteiger charge is 2.23. The minimum atomic E-state index is -0.307. The number of carbonyl (C=O) groups excluding carboxylic acids is 1. The smallest absolute Gasteiger partial charge is 0.290 e. The molecule has 0 atom stereocenters. The number of carbonyl (C=O) groups is 1. The van der Waals surface area contributed by atoms with Gasteiger partial charge < -0.3 is 4.90 Å². The molecule has 3 aromatic rings. The van der Waals surface area contributed by atoms with Gasteiger partial charge in [0, 0.05) is 25.2 Å². The zero-order chi connectivity index (χ0) is 21.0. The van der Waals surface area contributed by atoms with Gasteiger partial charge in [-0.1, -0.05) is 51.1 Å². The van der Waals surface area contributed by atoms with Crippen LogP contribution >= 0.6 is 0 Å². The molecule has 0 unspecified atom stereocenters. The Balaban J connectivity index is 1.82. The van der Waals surface area contributed by atoms with Crippen LogP contribution in [0.15, 0.2) is 65.8 Å². The lowest BCUT2D eigenvalue weighted by Gasteiger charge is -2.14. The second-order valence-electron chi connectivity index (χ2n) is 8.10. The van der Waals surface area contributed by atoms with Crippen molar-refractivity contribution in [2.45, 2.75) is 26.2 Å². The summed E-state index contributed by atoms with van der Waals surface area (Å²) in [5, 5.41) is 8.78. The molecule has 1 N–H and O–H groups in total. The second-order valence-corrected chi connectivity index (χ2v) is 8.10. The number of nitrogens with one attached hydrogen (secondary N) is 1. The number of benzene rings is 2. The normalized spacial score (nSPS) is 11.6. The van der Waals surface area contributed by atoms with E-state index >= 15 is 0 Å². The minimum absolute atomic E-state index is 0.174. The number of amides is 1. The molecule has 6 heteroatoms. The molecule has 0 aliphatic carbocycles. The van der Waals surface area contributed by atoms with Crippen molar-refractivity contribution in [3.8, 4) is 5.69 Å². The molecule has 0 saturated heterocycles. The molecule has 1 aromatic heterocycles. The van der Waals surface area contributed by atoms with E-state index in [4.69, 9.17) is 0 Å². The van der Waals surface area contributed by atoms with E-state index in [1.54, 1.807) is 10.9 Å². The zero-order valence-electron chi connectivity index (χ0n) is 17.5. The fraction of sp³-hybridized carbons (Fsp3) is 0.261. The van der Waals surface area contributed by atoms with Gasteiger partial charge in [0.25, 0.3) is 5.91 Å². The highest BCUT2D eigenvalue weighted by molar-refractivity contribution is 5.94. The van der Waals surface area contributed by atoms with Crippen molar-refractivity contribution in [2.24, 2.45) is 5.10 Å². The van der Waals surface area contributed by atoms with E-state index in [-0.39, 0.29) is 11.3 Å². The third-order valence-corrected chi connectivity index (χ3v) is 4.50. The average Bonchev–Trinajstić information content (AvgIpc) is 3.15. The fourth-order valence-corrected chi connectivity index (χ4v) is 2.76. The predicted octanol–water partition coefficient (Wildman–Crippen LogP) is 4.00. The van der Waals surface area contributed by atoms with Crippen LogP contribution in [-0.4, -0.2) is 36.0 Å². The van der Waals surface area contributed by atoms with Crippen LogP contribution in [-0.2, 0) is 5.41 Å². The van der Waals surface area contributed by atoms with Crippen LogP contribution in [0.2, 0.25) is 0 Å². The van der Waals surface area contributed by atoms with Crippen LogP contribution in [0.1, 0.15) is 42.5 Å². The molecule has 2 aromatic carbocycles. The van der Waals surface area contributed by atoms with Gasteiger partial charge in [-0.2, -0.15) is 10.2 Å². The van der Waals surface area contributed by atoms with E-state index < -0.39 is 0 Å². The van der Waals surface area contributed by atoms with Gasteiger partial charge in [-0.25, -0.2) is 10.1 Å². The minimum Gasteiger partial charge on any atom is -0.378 e. The Labute approximate surface area is 171 Å². The summed E-state index contributed by atoms with van der Waals surface area (Å²) >= 11 is 0. The summed E-state index contributed by atoms with van der Waals surface area (Å²) in [6.07, 6.45) is 1.63. The lowest BCUT2D eigenvalue weighted by Crippen LogP contribution is -2.21. The molecule has 150 valence electrons. The number of hydrazone groups is 1. The standard InChI is InChI=1S/C23H27N5O/c1-23(2,3)21-15-20(28(26-21)19-9-7-6-8-10-19)22(29)25-24-16-17-11-13-18(14-12-17)27(4)5/h6-16H,1-5H3,(H,25,29)/b24-16+. The monoisotopic (exact) mass is 389 g/mol. The lowest BCUT2D eigenvalue weighted by molar-refractivity contribution is 0.0947. The maximum absolute atomic E-state index is 12.8. The first-order valence-corrected chi connectivity index (χ1v) is 9.52. The molecule has 6 nitrogen and oxygen atoms in total. The van der Waals surface area contributed by atoms with E-state index in [2.05, 4.69) is 36.4 Å². The molecular weight excluding hydrogens is 362 g/mol. The molecule has 0 aliphatic heterocycles. The third kappa shape index (κ3) is 4.90. The van der Waals surface area contributed by atoms with Crippen molar-refractivity contribution in [1.29, 1.82) is 0 Å². The molecule has 0 fully saturated rings. The first kappa shape index (κ1) is 20.3. The average molecular weight is 390 g/mol. The van der Waals surface area contributed by atoms with Crippen molar-refractivity contribution < 1.29 is 4.79 Å². The maximum atomic E-state index is 12.8. The van der Waals surface area contributed by atoms with Crippen molar-refractivity contribution in [3.63, 3.8) is 0 Å². The number of anilines is 1. The fourth-order valence-electron chi connectivity index (χ4n) is 2.76. The van der Waals surface area contributed by atoms with Crippen LogP contribution < -0.4 is 10.3 Å². The number of nitrogens with zero attached hydrogens (tertiary/aromatic N) is 4. The topological polar surface area (TPSA) is 62.5 Å². The number of hydrogen-bond acceptors (Lipinski definition) is 4. The molecule has 0 bridgehead atoms. The zero-order valence-corrected chi connectivity index (χ0v) is 17.5. The second kappa shape index (κ2) is 8.31. The number of rotatable bonds is 5. The Hall–Kier alpha value is -3.41. The summed E-state index contributed by atoms with van der Waals surface area (Å²) in [5.74, 6) is -0.307. The predicted molar refractivity (Wildman–Crippen MR) is 118 cm³/mol. The molecule has 0 radical (unpaired) electrons. The first-order chi connectivity index (χ1) is 13.8. The summed E-state index contributed by atoms with van der Waals surface area (Å²) in [6.45, 7) is 6.21. The van der Waals surface area contributed by atoms with Crippen molar-refractivity contribution >= 4 is 17.8 Å². The summed E-state index contributed by atoms with van der Waals surface area (Å²) in [4.78, 5) is 14.8. The Morgan fingerprint density at radius 1 is 1.07 bits per heavy atom. The van der Waals surface area contributed by atoms with Gasteiger partial charge in [-0.15, -0.1) is 0 Å². The van der Waals surface area contributed by atoms with Gasteiger partial charge in [-0.3, -0.25) is 4.79 Å². The number of para-hydroxylation sites is 1. The van der Waals surface area contributed by atoms with E-state index in [1.165, 1.54) is 0 Å². The number of aromatic nitrogens is 2. The molecule has 0 spiro atoms. The van der Waals surface area contributed by atoms with Crippen LogP contribution in [0.25, 0.3) is 5.69 Å². The summed E-state index contributed by atoms with van der Waals surface area (Å²) in [6, 6.07) is 19.4. The van der Waals surface area contributed by atoms with Crippen molar-refractivity contribution in [2.75, 3.05) is 19.0 Å². The Morgan fingerprint density at radius 2 is 1.72 bits per heavy atom. The van der Waals surface area contributed by atoms with Gasteiger partial charge in [-0.05, 0) is 35.9 Å². The van der Waals surface area contributed by atoms with E-state index in [1.807, 2.05) is 79.7 Å². The third-order valence-electron chi connectivity index (χ3n) is 4.50. The Bertz CT molecular complexity index is 996. The van der Waals surface area contributed by atoms with Crippen LogP contribution in [0.5, 0.6) is 0 Å². The highest BCUT2D eigenvalue weighted by Crippen LogP contribution is 2.23. The Kier molecular flexibility index (Phi) is 5.82. The molecular formula is C23H27N5O. The molecule has 0 saturated carbocycles. The highest BCUT2D eigenvalue weighted by atomic mass is 16.2. The van der Waals surface area contributed by atoms with Crippen LogP contribution in [0.4, 0.5) is 5.69 Å². The van der Waals surface area contributed by atoms with E-state index in [0.717, 1.165) is 22.6 Å². The summed E-state index contributed by atoms with van der Waals surface area (Å²) in [5.41, 5.74) is 6.57. The molecule has 29 heavy (non-hydrogen) atoms. The maximum Gasteiger partial charge on any atom is 0.290 e. The van der Waals surface area contributed by atoms with Gasteiger partial charge >= 0.3 is 0 Å². The summed E-state index contributed by atoms with van der Waals surface area (Å²) in [7, 11) is 3.98. The van der Waals surface area contributed by atoms with E-state index in [9.17, 15) is 4.79 Å². The van der Waals surface area contributed by atoms with Crippen molar-refractivity contribution in [3.05, 3.63) is 77.6 Å². The van der Waals surface area contributed by atoms with Crippen LogP contribution in [0, 0.1) is 0 Å². The Morgan fingerprint density at radius 3 is 2.31 bits per heavy atom. The lowest BCUT2D eigenvalue weighted by atomic mass is 9.92. The van der Waals surface area contributed by atoms with Gasteiger partial charge in [0.1, 0.15) is 5.69 Å². The molecule has 3 rings (SSSR count). The van der Waals surface area contributed by atoms with Crippen molar-refractivity contribution in [1.82, 2.24) is 15.2 Å². The molecule has 1 heterocycles. The summed E-state index contributed by atoms with van der Waals surface area (Å²) < 4.78 is 1.66. The van der Waals surface area contributed by atoms with Gasteiger partial charge in [0.05, 0.1) is 17.6 Å². The van der Waals surface area contributed by atoms with E-state index in [0.29, 0.717) is 5.69 Å². The van der Waals surface area contributed by atoms with Crippen LogP contribution in [0.3, 0.4) is 0 Å². The first-order valence-electron chi connectivity index (χ1n) is 9.52. The molecule has 0 aliphatic rings. The largest absolute Gasteiger partial charge is 0.378 e. The molecule has 1 amide bonds.